The van der Waals surface area contributed by atoms with E-state index in [0.29, 0.717) is 12.5 Å². The molecule has 0 amide bonds. The highest BCUT2D eigenvalue weighted by molar-refractivity contribution is 5.12. The monoisotopic (exact) mass is 263 g/mol. The molecule has 106 valence electrons. The minimum atomic E-state index is 0.00582. The minimum absolute atomic E-state index is 0.00582. The Balaban J connectivity index is 1.68. The van der Waals surface area contributed by atoms with Gasteiger partial charge in [0.2, 0.25) is 5.89 Å². The second-order valence-electron chi connectivity index (χ2n) is 6.42. The van der Waals surface area contributed by atoms with Gasteiger partial charge in [-0.25, -0.2) is 0 Å². The van der Waals surface area contributed by atoms with Crippen molar-refractivity contribution in [1.29, 1.82) is 0 Å². The van der Waals surface area contributed by atoms with Crippen molar-refractivity contribution in [1.82, 2.24) is 10.1 Å². The second kappa shape index (κ2) is 5.23. The Morgan fingerprint density at radius 2 is 2.00 bits per heavy atom. The van der Waals surface area contributed by atoms with Crippen molar-refractivity contribution in [2.45, 2.75) is 69.6 Å². The molecule has 2 saturated carbocycles. The number of nitrogens with zero attached hydrogens (tertiary/aromatic N) is 2. The summed E-state index contributed by atoms with van der Waals surface area (Å²) in [4.78, 5) is 4.69. The molecule has 2 fully saturated rings. The second-order valence-corrected chi connectivity index (χ2v) is 6.42. The predicted octanol–water partition coefficient (Wildman–Crippen LogP) is 3.13. The van der Waals surface area contributed by atoms with Gasteiger partial charge in [0, 0.05) is 12.5 Å². The van der Waals surface area contributed by atoms with Crippen LogP contribution in [0.3, 0.4) is 0 Å². The van der Waals surface area contributed by atoms with Gasteiger partial charge in [0.05, 0.1) is 5.41 Å². The van der Waals surface area contributed by atoms with Crippen molar-refractivity contribution >= 4 is 0 Å². The van der Waals surface area contributed by atoms with Crippen LogP contribution in [0.25, 0.3) is 0 Å². The van der Waals surface area contributed by atoms with Crippen LogP contribution in [-0.2, 0) is 5.41 Å². The number of nitrogens with two attached hydrogens (primary N) is 1. The SMILES string of the molecule is CCC1CCC(c2noc(C3(CN)CCC3)n2)CC1. The lowest BCUT2D eigenvalue weighted by Gasteiger charge is -2.37. The topological polar surface area (TPSA) is 64.9 Å². The molecule has 0 spiro atoms. The average Bonchev–Trinajstić information content (AvgIpc) is 2.88. The molecule has 19 heavy (non-hydrogen) atoms. The lowest BCUT2D eigenvalue weighted by molar-refractivity contribution is 0.181. The summed E-state index contributed by atoms with van der Waals surface area (Å²) in [6.07, 6.45) is 9.80. The zero-order valence-corrected chi connectivity index (χ0v) is 11.9. The molecule has 1 heterocycles. The molecule has 2 aliphatic carbocycles. The summed E-state index contributed by atoms with van der Waals surface area (Å²) in [6.45, 7) is 2.93. The normalized spacial score (nSPS) is 30.0. The number of rotatable bonds is 4. The highest BCUT2D eigenvalue weighted by atomic mass is 16.5. The maximum atomic E-state index is 5.90. The zero-order valence-electron chi connectivity index (χ0n) is 11.9. The molecule has 0 saturated heterocycles. The Hall–Kier alpha value is -0.900. The molecule has 2 aliphatic rings. The van der Waals surface area contributed by atoms with E-state index in [0.717, 1.165) is 30.5 Å². The van der Waals surface area contributed by atoms with E-state index in [2.05, 4.69) is 12.1 Å². The summed E-state index contributed by atoms with van der Waals surface area (Å²) < 4.78 is 5.53. The van der Waals surface area contributed by atoms with E-state index >= 15 is 0 Å². The summed E-state index contributed by atoms with van der Waals surface area (Å²) in [5, 5.41) is 4.24. The van der Waals surface area contributed by atoms with Gasteiger partial charge in [0.25, 0.3) is 0 Å². The van der Waals surface area contributed by atoms with E-state index in [-0.39, 0.29) is 5.41 Å². The highest BCUT2D eigenvalue weighted by Gasteiger charge is 2.43. The lowest BCUT2D eigenvalue weighted by atomic mass is 9.68. The van der Waals surface area contributed by atoms with Crippen molar-refractivity contribution in [3.63, 3.8) is 0 Å². The third-order valence-electron chi connectivity index (χ3n) is 5.39. The van der Waals surface area contributed by atoms with Crippen molar-refractivity contribution in [2.75, 3.05) is 6.54 Å². The van der Waals surface area contributed by atoms with E-state index in [1.807, 2.05) is 0 Å². The molecule has 4 heteroatoms. The largest absolute Gasteiger partial charge is 0.339 e. The fourth-order valence-electron chi connectivity index (χ4n) is 3.55. The van der Waals surface area contributed by atoms with E-state index in [4.69, 9.17) is 15.2 Å². The first-order valence-corrected chi connectivity index (χ1v) is 7.81. The third-order valence-corrected chi connectivity index (χ3v) is 5.39. The van der Waals surface area contributed by atoms with Crippen LogP contribution in [0.5, 0.6) is 0 Å². The van der Waals surface area contributed by atoms with Gasteiger partial charge in [-0.15, -0.1) is 0 Å². The van der Waals surface area contributed by atoms with Crippen LogP contribution in [0.4, 0.5) is 0 Å². The van der Waals surface area contributed by atoms with Crippen molar-refractivity contribution in [3.8, 4) is 0 Å². The Labute approximate surface area is 115 Å². The molecule has 1 aromatic rings. The molecule has 1 aromatic heterocycles. The first kappa shape index (κ1) is 13.1. The Morgan fingerprint density at radius 1 is 1.26 bits per heavy atom. The molecule has 0 aliphatic heterocycles. The summed E-state index contributed by atoms with van der Waals surface area (Å²) in [6, 6.07) is 0. The molecule has 0 radical (unpaired) electrons. The van der Waals surface area contributed by atoms with Gasteiger partial charge in [-0.2, -0.15) is 4.98 Å². The van der Waals surface area contributed by atoms with E-state index < -0.39 is 0 Å². The van der Waals surface area contributed by atoms with Crippen molar-refractivity contribution in [2.24, 2.45) is 11.7 Å². The van der Waals surface area contributed by atoms with Gasteiger partial charge in [0.15, 0.2) is 5.82 Å². The van der Waals surface area contributed by atoms with Crippen LogP contribution in [0.2, 0.25) is 0 Å². The zero-order chi connectivity index (χ0) is 13.3. The summed E-state index contributed by atoms with van der Waals surface area (Å²) in [7, 11) is 0. The molecule has 4 nitrogen and oxygen atoms in total. The quantitative estimate of drug-likeness (QED) is 0.906. The van der Waals surface area contributed by atoms with Crippen molar-refractivity contribution in [3.05, 3.63) is 11.7 Å². The molecular formula is C15H25N3O. The first-order valence-electron chi connectivity index (χ1n) is 7.81. The third kappa shape index (κ3) is 2.31. The standard InChI is InChI=1S/C15H25N3O/c1-2-11-4-6-12(7-5-11)13-17-14(19-18-13)15(10-16)8-3-9-15/h11-12H,2-10,16H2,1H3. The lowest BCUT2D eigenvalue weighted by Crippen LogP contribution is -2.41. The van der Waals surface area contributed by atoms with Crippen LogP contribution < -0.4 is 5.73 Å². The molecule has 0 aromatic carbocycles. The Bertz CT molecular complexity index is 411. The summed E-state index contributed by atoms with van der Waals surface area (Å²) >= 11 is 0. The van der Waals surface area contributed by atoms with E-state index in [1.165, 1.54) is 38.5 Å². The Kier molecular flexibility index (Phi) is 3.61. The summed E-state index contributed by atoms with van der Waals surface area (Å²) in [5.74, 6) is 3.15. The first-order chi connectivity index (χ1) is 9.27. The maximum Gasteiger partial charge on any atom is 0.234 e. The molecule has 0 bridgehead atoms. The molecule has 3 rings (SSSR count). The average molecular weight is 263 g/mol. The number of hydrogen-bond donors (Lipinski definition) is 1. The molecule has 0 unspecified atom stereocenters. The van der Waals surface area contributed by atoms with Gasteiger partial charge in [0.1, 0.15) is 0 Å². The Morgan fingerprint density at radius 3 is 2.53 bits per heavy atom. The van der Waals surface area contributed by atoms with Crippen LogP contribution >= 0.6 is 0 Å². The molecule has 0 atom stereocenters. The predicted molar refractivity (Wildman–Crippen MR) is 73.9 cm³/mol. The van der Waals surface area contributed by atoms with Crippen LogP contribution in [0, 0.1) is 5.92 Å². The molecule has 2 N–H and O–H groups in total. The summed E-state index contributed by atoms with van der Waals surface area (Å²) in [5.41, 5.74) is 5.90. The fourth-order valence-corrected chi connectivity index (χ4v) is 3.55. The number of aromatic nitrogens is 2. The van der Waals surface area contributed by atoms with Crippen LogP contribution in [-0.4, -0.2) is 16.7 Å². The van der Waals surface area contributed by atoms with Gasteiger partial charge < -0.3 is 10.3 Å². The maximum absolute atomic E-state index is 5.90. The van der Waals surface area contributed by atoms with Crippen molar-refractivity contribution < 1.29 is 4.52 Å². The smallest absolute Gasteiger partial charge is 0.234 e. The van der Waals surface area contributed by atoms with Gasteiger partial charge >= 0.3 is 0 Å². The van der Waals surface area contributed by atoms with E-state index in [9.17, 15) is 0 Å². The highest BCUT2D eigenvalue weighted by Crippen LogP contribution is 2.43. The fraction of sp³-hybridized carbons (Fsp3) is 0.867. The van der Waals surface area contributed by atoms with Crippen LogP contribution in [0.15, 0.2) is 4.52 Å². The van der Waals surface area contributed by atoms with Gasteiger partial charge in [-0.3, -0.25) is 0 Å². The van der Waals surface area contributed by atoms with Crippen LogP contribution in [0.1, 0.15) is 75.9 Å². The van der Waals surface area contributed by atoms with Gasteiger partial charge in [-0.1, -0.05) is 24.9 Å². The molecular weight excluding hydrogens is 238 g/mol. The number of hydrogen-bond acceptors (Lipinski definition) is 4. The minimum Gasteiger partial charge on any atom is -0.339 e. The van der Waals surface area contributed by atoms with Gasteiger partial charge in [-0.05, 0) is 44.4 Å². The van der Waals surface area contributed by atoms with E-state index in [1.54, 1.807) is 0 Å².